The number of benzene rings is 6. The largest absolute Gasteiger partial charge is 0.429 e. The number of hydrogen-bond acceptors (Lipinski definition) is 5. The fourth-order valence-electron chi connectivity index (χ4n) is 5.39. The molecule has 5 heteroatoms. The Morgan fingerprint density at radius 1 is 0.465 bits per heavy atom. The van der Waals surface area contributed by atoms with Crippen molar-refractivity contribution in [1.82, 2.24) is 4.98 Å². The van der Waals surface area contributed by atoms with E-state index in [0.29, 0.717) is 10.00 Å². The topological polar surface area (TPSA) is 38.4 Å². The van der Waals surface area contributed by atoms with Gasteiger partial charge in [-0.05, 0) is 44.8 Å². The second-order valence-electron chi connectivity index (χ2n) is 10.3. The quantitative estimate of drug-likeness (QED) is 0.201. The summed E-state index contributed by atoms with van der Waals surface area (Å²) in [4.78, 5) is 12.8. The molecule has 204 valence electrons. The zero-order chi connectivity index (χ0) is 28.6. The highest BCUT2D eigenvalue weighted by atomic mass is 32.1. The number of aromatic nitrogens is 1. The van der Waals surface area contributed by atoms with E-state index in [1.54, 1.807) is 22.7 Å². The molecule has 8 rings (SSSR count). The minimum absolute atomic E-state index is 0.570. The molecule has 0 radical (unpaired) electrons. The first-order chi connectivity index (χ1) is 21.3. The Bertz CT molecular complexity index is 2300. The van der Waals surface area contributed by atoms with Gasteiger partial charge in [-0.3, -0.25) is 0 Å². The van der Waals surface area contributed by atoms with Gasteiger partial charge in [0.05, 0.1) is 15.4 Å². The SMILES string of the molecule is c1ccc(-c2sc(/N=c3\oc(-c4ccc5ccccc5c4)c(-c4ccccc4)s3)nc2-c2ccc3ccccc3c2)cc1. The lowest BCUT2D eigenvalue weighted by Gasteiger charge is -2.04. The van der Waals surface area contributed by atoms with Gasteiger partial charge in [-0.2, -0.15) is 4.99 Å². The number of thiazole rings is 1. The predicted molar refractivity (Wildman–Crippen MR) is 181 cm³/mol. The maximum atomic E-state index is 6.54. The fourth-order valence-corrected chi connectivity index (χ4v) is 7.34. The monoisotopic (exact) mass is 588 g/mol. The smallest absolute Gasteiger partial charge is 0.282 e. The van der Waals surface area contributed by atoms with E-state index in [1.165, 1.54) is 21.5 Å². The summed E-state index contributed by atoms with van der Waals surface area (Å²) in [7, 11) is 0. The molecule has 0 atom stereocenters. The molecule has 0 bridgehead atoms. The zero-order valence-electron chi connectivity index (χ0n) is 23.0. The van der Waals surface area contributed by atoms with Crippen LogP contribution in [0.1, 0.15) is 0 Å². The summed E-state index contributed by atoms with van der Waals surface area (Å²) < 4.78 is 6.54. The summed E-state index contributed by atoms with van der Waals surface area (Å²) in [6.07, 6.45) is 0. The van der Waals surface area contributed by atoms with E-state index in [4.69, 9.17) is 14.4 Å². The fraction of sp³-hybridized carbons (Fsp3) is 0. The van der Waals surface area contributed by atoms with Crippen LogP contribution < -0.4 is 4.87 Å². The minimum Gasteiger partial charge on any atom is -0.429 e. The maximum Gasteiger partial charge on any atom is 0.282 e. The summed E-state index contributed by atoms with van der Waals surface area (Å²) in [5.41, 5.74) is 5.24. The van der Waals surface area contributed by atoms with E-state index in [2.05, 4.69) is 133 Å². The Hall–Kier alpha value is -5.10. The van der Waals surface area contributed by atoms with Crippen LogP contribution in [-0.4, -0.2) is 4.98 Å². The predicted octanol–water partition coefficient (Wildman–Crippen LogP) is 11.0. The van der Waals surface area contributed by atoms with Gasteiger partial charge in [0.25, 0.3) is 4.87 Å². The second-order valence-corrected chi connectivity index (χ2v) is 12.2. The van der Waals surface area contributed by atoms with Gasteiger partial charge >= 0.3 is 0 Å². The van der Waals surface area contributed by atoms with Crippen molar-refractivity contribution in [3.05, 3.63) is 150 Å². The van der Waals surface area contributed by atoms with Crippen molar-refractivity contribution in [2.45, 2.75) is 0 Å². The normalized spacial score (nSPS) is 11.9. The van der Waals surface area contributed by atoms with Crippen LogP contribution in [0, 0.1) is 0 Å². The van der Waals surface area contributed by atoms with E-state index >= 15 is 0 Å². The summed E-state index contributed by atoms with van der Waals surface area (Å²) in [6, 6.07) is 50.6. The van der Waals surface area contributed by atoms with Crippen molar-refractivity contribution in [2.75, 3.05) is 0 Å². The van der Waals surface area contributed by atoms with Crippen molar-refractivity contribution in [3.8, 4) is 43.5 Å². The Balaban J connectivity index is 1.29. The van der Waals surface area contributed by atoms with Crippen LogP contribution >= 0.6 is 22.7 Å². The molecular formula is C38H24N2OS2. The number of fused-ring (bicyclic) bond motifs is 2. The van der Waals surface area contributed by atoms with E-state index in [-0.39, 0.29) is 0 Å². The molecule has 0 aliphatic rings. The number of hydrogen-bond donors (Lipinski definition) is 0. The molecule has 0 aliphatic heterocycles. The lowest BCUT2D eigenvalue weighted by atomic mass is 10.0. The molecule has 0 unspecified atom stereocenters. The van der Waals surface area contributed by atoms with Crippen LogP contribution in [0.25, 0.3) is 65.0 Å². The van der Waals surface area contributed by atoms with Crippen molar-refractivity contribution < 1.29 is 4.42 Å². The van der Waals surface area contributed by atoms with Crippen LogP contribution in [0.4, 0.5) is 5.13 Å². The van der Waals surface area contributed by atoms with Crippen LogP contribution in [-0.2, 0) is 0 Å². The maximum absolute atomic E-state index is 6.54. The van der Waals surface area contributed by atoms with Gasteiger partial charge in [0.2, 0.25) is 5.13 Å². The first-order valence-electron chi connectivity index (χ1n) is 14.1. The summed E-state index contributed by atoms with van der Waals surface area (Å²) in [5.74, 6) is 0.815. The molecule has 0 saturated carbocycles. The first kappa shape index (κ1) is 25.6. The molecule has 8 aromatic rings. The summed E-state index contributed by atoms with van der Waals surface area (Å²) >= 11 is 3.13. The van der Waals surface area contributed by atoms with Crippen molar-refractivity contribution >= 4 is 49.4 Å². The molecule has 0 saturated heterocycles. The second kappa shape index (κ2) is 11.0. The Morgan fingerprint density at radius 3 is 1.65 bits per heavy atom. The zero-order valence-corrected chi connectivity index (χ0v) is 24.6. The van der Waals surface area contributed by atoms with Crippen molar-refractivity contribution in [2.24, 2.45) is 4.99 Å². The lowest BCUT2D eigenvalue weighted by Crippen LogP contribution is -1.88. The highest BCUT2D eigenvalue weighted by Gasteiger charge is 2.18. The van der Waals surface area contributed by atoms with E-state index in [0.717, 1.165) is 43.5 Å². The van der Waals surface area contributed by atoms with Gasteiger partial charge in [0, 0.05) is 11.1 Å². The molecule has 0 aliphatic carbocycles. The third-order valence-corrected chi connectivity index (χ3v) is 9.47. The molecule has 0 amide bonds. The van der Waals surface area contributed by atoms with E-state index < -0.39 is 0 Å². The first-order valence-corrected chi connectivity index (χ1v) is 15.7. The molecule has 0 N–H and O–H groups in total. The summed E-state index contributed by atoms with van der Waals surface area (Å²) in [5, 5.41) is 5.43. The van der Waals surface area contributed by atoms with Crippen LogP contribution in [0.2, 0.25) is 0 Å². The molecule has 0 fully saturated rings. The molecule has 2 heterocycles. The molecular weight excluding hydrogens is 565 g/mol. The van der Waals surface area contributed by atoms with Gasteiger partial charge in [-0.1, -0.05) is 156 Å². The highest BCUT2D eigenvalue weighted by molar-refractivity contribution is 7.19. The number of rotatable bonds is 5. The minimum atomic E-state index is 0.570. The van der Waals surface area contributed by atoms with Crippen LogP contribution in [0.3, 0.4) is 0 Å². The summed E-state index contributed by atoms with van der Waals surface area (Å²) in [6.45, 7) is 0. The van der Waals surface area contributed by atoms with Gasteiger partial charge in [-0.25, -0.2) is 4.98 Å². The van der Waals surface area contributed by atoms with E-state index in [9.17, 15) is 0 Å². The Morgan fingerprint density at radius 2 is 1.00 bits per heavy atom. The number of nitrogens with zero attached hydrogens (tertiary/aromatic N) is 2. The lowest BCUT2D eigenvalue weighted by molar-refractivity contribution is 0.539. The van der Waals surface area contributed by atoms with Crippen molar-refractivity contribution in [3.63, 3.8) is 0 Å². The molecule has 2 aromatic heterocycles. The molecule has 3 nitrogen and oxygen atoms in total. The van der Waals surface area contributed by atoms with Gasteiger partial charge in [-0.15, -0.1) is 0 Å². The van der Waals surface area contributed by atoms with Crippen LogP contribution in [0.5, 0.6) is 0 Å². The van der Waals surface area contributed by atoms with Gasteiger partial charge in [0.1, 0.15) is 0 Å². The third kappa shape index (κ3) is 4.99. The average Bonchev–Trinajstić information content (AvgIpc) is 3.70. The average molecular weight is 589 g/mol. The molecule has 43 heavy (non-hydrogen) atoms. The standard InChI is InChI=1S/C38H24N2OS2/c1-3-13-27(14-4-1)35-33(31-21-19-25-11-7-9-17-29(25)23-31)39-37(42-35)40-38-41-34(36(43-38)28-15-5-2-6-16-28)32-22-20-26-12-8-10-18-30(26)24-32/h1-24H/b40-38+. The molecule has 0 spiro atoms. The Kier molecular flexibility index (Phi) is 6.52. The van der Waals surface area contributed by atoms with E-state index in [1.807, 2.05) is 12.1 Å². The molecule has 6 aromatic carbocycles. The highest BCUT2D eigenvalue weighted by Crippen LogP contribution is 2.41. The van der Waals surface area contributed by atoms with Gasteiger partial charge in [0.15, 0.2) is 5.76 Å². The van der Waals surface area contributed by atoms with Crippen molar-refractivity contribution in [1.29, 1.82) is 0 Å². The Labute approximate surface area is 256 Å². The van der Waals surface area contributed by atoms with Crippen LogP contribution in [0.15, 0.2) is 155 Å². The van der Waals surface area contributed by atoms with Gasteiger partial charge < -0.3 is 4.42 Å². The third-order valence-electron chi connectivity index (χ3n) is 7.49.